The summed E-state index contributed by atoms with van der Waals surface area (Å²) in [6.07, 6.45) is 27.8. The number of aliphatic hydroxyl groups excluding tert-OH is 1. The summed E-state index contributed by atoms with van der Waals surface area (Å²) >= 11 is 0. The van der Waals surface area contributed by atoms with E-state index in [0.29, 0.717) is 25.0 Å². The Morgan fingerprint density at radius 1 is 0.686 bits per heavy atom. The van der Waals surface area contributed by atoms with Gasteiger partial charge in [-0.1, -0.05) is 171 Å². The third-order valence-corrected chi connectivity index (χ3v) is 18.5. The molecule has 4 aliphatic rings. The number of nitrogens with one attached hydrogen (secondary N) is 1. The van der Waals surface area contributed by atoms with Crippen molar-refractivity contribution >= 4 is 6.09 Å². The first kappa shape index (κ1) is 54.0. The average molecular weight is 960 g/mol. The number of unbranched alkanes of at least 4 members (excludes halogenated alkanes) is 8. The topological polar surface area (TPSA) is 86.2 Å². The van der Waals surface area contributed by atoms with Crippen LogP contribution >= 0.6 is 0 Å². The number of ether oxygens (including phenoxy) is 4. The number of alkyl carbamates (subject to hydrolysis) is 1. The summed E-state index contributed by atoms with van der Waals surface area (Å²) in [6, 6.07) is 26.5. The Bertz CT molecular complexity index is 2000. The lowest BCUT2D eigenvalue weighted by Crippen LogP contribution is -2.51. The SMILES string of the molecule is COc1ccc(C(OCCC(O)CCCCCCCCCCCNC(=O)O[C@@H]2CC[C@]3(C)C(=CCC4C5CCC(C(C)CCCC(C)C)[C@]5(C)CCC43)C2)(c2ccccc2)c2ccc(OC)cc2)cc1. The summed E-state index contributed by atoms with van der Waals surface area (Å²) in [6.45, 7) is 13.7. The molecule has 0 aromatic heterocycles. The Balaban J connectivity index is 0.743. The molecule has 3 aromatic carbocycles. The van der Waals surface area contributed by atoms with E-state index >= 15 is 0 Å². The molecule has 0 heterocycles. The predicted octanol–water partition coefficient (Wildman–Crippen LogP) is 15.8. The Morgan fingerprint density at radius 3 is 1.93 bits per heavy atom. The van der Waals surface area contributed by atoms with Crippen molar-refractivity contribution in [3.05, 3.63) is 107 Å². The molecule has 3 fully saturated rings. The first-order valence-corrected chi connectivity index (χ1v) is 28.2. The highest BCUT2D eigenvalue weighted by Gasteiger charge is 2.59. The minimum atomic E-state index is -0.874. The van der Waals surface area contributed by atoms with E-state index in [0.717, 1.165) is 115 Å². The van der Waals surface area contributed by atoms with Crippen molar-refractivity contribution in [2.75, 3.05) is 27.4 Å². The summed E-state index contributed by atoms with van der Waals surface area (Å²) in [7, 11) is 3.35. The molecule has 0 spiro atoms. The van der Waals surface area contributed by atoms with Gasteiger partial charge in [-0.3, -0.25) is 0 Å². The van der Waals surface area contributed by atoms with Crippen molar-refractivity contribution in [2.24, 2.45) is 46.3 Å². The third-order valence-electron chi connectivity index (χ3n) is 18.5. The fraction of sp³-hybridized carbons (Fsp3) is 0.667. The van der Waals surface area contributed by atoms with Crippen LogP contribution in [0.3, 0.4) is 0 Å². The van der Waals surface area contributed by atoms with Gasteiger partial charge in [0.1, 0.15) is 23.2 Å². The number of carbonyl (C=O) groups excluding carboxylic acids is 1. The van der Waals surface area contributed by atoms with Crippen LogP contribution in [0.15, 0.2) is 90.5 Å². The van der Waals surface area contributed by atoms with Crippen LogP contribution in [0.4, 0.5) is 4.79 Å². The van der Waals surface area contributed by atoms with Crippen LogP contribution in [0.25, 0.3) is 0 Å². The van der Waals surface area contributed by atoms with E-state index in [2.05, 4.69) is 82.4 Å². The molecule has 70 heavy (non-hydrogen) atoms. The fourth-order valence-electron chi connectivity index (χ4n) is 14.4. The Kier molecular flexibility index (Phi) is 19.8. The number of rotatable bonds is 27. The van der Waals surface area contributed by atoms with Crippen molar-refractivity contribution in [2.45, 2.75) is 194 Å². The fourth-order valence-corrected chi connectivity index (χ4v) is 14.4. The zero-order valence-corrected chi connectivity index (χ0v) is 44.7. The summed E-state index contributed by atoms with van der Waals surface area (Å²) in [5.74, 6) is 6.64. The van der Waals surface area contributed by atoms with Crippen LogP contribution in [0, 0.1) is 46.3 Å². The average Bonchev–Trinajstić information content (AvgIpc) is 3.73. The largest absolute Gasteiger partial charge is 0.497 e. The van der Waals surface area contributed by atoms with Gasteiger partial charge in [-0.15, -0.1) is 0 Å². The normalized spacial score (nSPS) is 26.1. The standard InChI is InChI=1S/C63H93NO6/c1-46(2)21-20-22-47(3)57-36-37-58-56-35-30-51-45-55(38-41-61(51,4)59(56)39-42-62(57,58)5)70-60(66)64-43-19-14-12-10-8-9-11-13-18-25-52(65)40-44-69-63(48-23-16-15-17-24-48,49-26-31-53(67-6)32-27-49)50-28-33-54(68-7)34-29-50/h15-17,23-24,26-34,46-47,52,55-59,65H,8-14,18-22,25,35-45H2,1-7H3,(H,64,66)/t47?,52?,55-,56?,57?,58?,59?,61-,62+/m1/s1. The number of allylic oxidation sites excluding steroid dienone is 1. The highest BCUT2D eigenvalue weighted by atomic mass is 16.6. The van der Waals surface area contributed by atoms with Crippen molar-refractivity contribution in [3.8, 4) is 11.5 Å². The smallest absolute Gasteiger partial charge is 0.407 e. The molecule has 0 aliphatic heterocycles. The first-order chi connectivity index (χ1) is 33.9. The maximum absolute atomic E-state index is 12.9. The number of amides is 1. The Morgan fingerprint density at radius 2 is 1.30 bits per heavy atom. The maximum atomic E-state index is 12.9. The van der Waals surface area contributed by atoms with Gasteiger partial charge < -0.3 is 29.4 Å². The monoisotopic (exact) mass is 960 g/mol. The minimum Gasteiger partial charge on any atom is -0.497 e. The molecule has 386 valence electrons. The molecule has 7 rings (SSSR count). The summed E-state index contributed by atoms with van der Waals surface area (Å²) in [5, 5.41) is 14.1. The van der Waals surface area contributed by atoms with E-state index in [1.807, 2.05) is 42.5 Å². The van der Waals surface area contributed by atoms with Gasteiger partial charge in [0.2, 0.25) is 0 Å². The number of aliphatic hydroxyl groups is 1. The van der Waals surface area contributed by atoms with E-state index in [9.17, 15) is 9.90 Å². The molecule has 0 saturated heterocycles. The number of fused-ring (bicyclic) bond motifs is 5. The maximum Gasteiger partial charge on any atom is 0.407 e. The van der Waals surface area contributed by atoms with E-state index in [-0.39, 0.29) is 17.6 Å². The van der Waals surface area contributed by atoms with Gasteiger partial charge in [0.15, 0.2) is 0 Å². The van der Waals surface area contributed by atoms with Crippen molar-refractivity contribution < 1.29 is 28.8 Å². The van der Waals surface area contributed by atoms with Crippen LogP contribution in [-0.4, -0.2) is 50.8 Å². The molecule has 7 heteroatoms. The number of methoxy groups -OCH3 is 2. The van der Waals surface area contributed by atoms with Crippen molar-refractivity contribution in [1.29, 1.82) is 0 Å². The molecule has 9 atom stereocenters. The van der Waals surface area contributed by atoms with Gasteiger partial charge in [-0.25, -0.2) is 4.79 Å². The summed E-state index contributed by atoms with van der Waals surface area (Å²) in [4.78, 5) is 12.9. The molecule has 0 bridgehead atoms. The van der Waals surface area contributed by atoms with Gasteiger partial charge in [-0.05, 0) is 152 Å². The molecule has 3 saturated carbocycles. The van der Waals surface area contributed by atoms with E-state index in [1.165, 1.54) is 83.5 Å². The highest BCUT2D eigenvalue weighted by molar-refractivity contribution is 5.67. The van der Waals surface area contributed by atoms with Crippen molar-refractivity contribution in [1.82, 2.24) is 5.32 Å². The van der Waals surface area contributed by atoms with Crippen LogP contribution < -0.4 is 14.8 Å². The molecule has 7 nitrogen and oxygen atoms in total. The van der Waals surface area contributed by atoms with E-state index < -0.39 is 11.7 Å². The molecule has 3 aromatic rings. The quantitative estimate of drug-likeness (QED) is 0.0450. The minimum absolute atomic E-state index is 0.00580. The van der Waals surface area contributed by atoms with Crippen molar-refractivity contribution in [3.63, 3.8) is 0 Å². The number of benzene rings is 3. The predicted molar refractivity (Wildman–Crippen MR) is 286 cm³/mol. The third kappa shape index (κ3) is 13.0. The molecule has 6 unspecified atom stereocenters. The molecule has 0 radical (unpaired) electrons. The molecule has 4 aliphatic carbocycles. The van der Waals surface area contributed by atoms with Gasteiger partial charge >= 0.3 is 6.09 Å². The lowest BCUT2D eigenvalue weighted by molar-refractivity contribution is -0.0581. The summed E-state index contributed by atoms with van der Waals surface area (Å²) in [5.41, 5.74) is 4.52. The van der Waals surface area contributed by atoms with Crippen LogP contribution in [0.5, 0.6) is 11.5 Å². The number of carbonyl (C=O) groups is 1. The summed E-state index contributed by atoms with van der Waals surface area (Å²) < 4.78 is 24.0. The van der Waals surface area contributed by atoms with Crippen LogP contribution in [-0.2, 0) is 15.1 Å². The number of hydrogen-bond acceptors (Lipinski definition) is 6. The Hall–Kier alpha value is -3.81. The zero-order chi connectivity index (χ0) is 49.6. The van der Waals surface area contributed by atoms with E-state index in [4.69, 9.17) is 18.9 Å². The second-order valence-corrected chi connectivity index (χ2v) is 23.3. The lowest BCUT2D eigenvalue weighted by atomic mass is 9.47. The van der Waals surface area contributed by atoms with Crippen LogP contribution in [0.2, 0.25) is 0 Å². The molecular formula is C63H93NO6. The second-order valence-electron chi connectivity index (χ2n) is 23.3. The molecule has 2 N–H and O–H groups in total. The van der Waals surface area contributed by atoms with Crippen LogP contribution in [0.1, 0.15) is 193 Å². The molecular weight excluding hydrogens is 867 g/mol. The number of hydrogen-bond donors (Lipinski definition) is 2. The van der Waals surface area contributed by atoms with Gasteiger partial charge in [0.25, 0.3) is 0 Å². The van der Waals surface area contributed by atoms with E-state index in [1.54, 1.807) is 19.8 Å². The first-order valence-electron chi connectivity index (χ1n) is 28.2. The highest BCUT2D eigenvalue weighted by Crippen LogP contribution is 2.67. The zero-order valence-electron chi connectivity index (χ0n) is 44.7. The molecule has 1 amide bonds. The second kappa shape index (κ2) is 25.7. The van der Waals surface area contributed by atoms with Gasteiger partial charge in [0.05, 0.1) is 26.9 Å². The Labute approximate surface area is 424 Å². The van der Waals surface area contributed by atoms with Gasteiger partial charge in [-0.2, -0.15) is 0 Å². The van der Waals surface area contributed by atoms with Gasteiger partial charge in [0, 0.05) is 13.0 Å². The lowest BCUT2D eigenvalue weighted by Gasteiger charge is -2.58.